The Morgan fingerprint density at radius 2 is 1.52 bits per heavy atom. The van der Waals surface area contributed by atoms with Crippen LogP contribution in [0.4, 0.5) is 0 Å². The van der Waals surface area contributed by atoms with Crippen LogP contribution in [0.25, 0.3) is 0 Å². The Hall–Kier alpha value is -2.58. The van der Waals surface area contributed by atoms with Crippen molar-refractivity contribution in [2.45, 2.75) is 6.42 Å². The molecule has 3 rings (SSSR count). The van der Waals surface area contributed by atoms with Gasteiger partial charge in [-0.25, -0.2) is 4.79 Å². The third kappa shape index (κ3) is 3.99. The molecule has 3 heteroatoms. The molecule has 0 unspecified atom stereocenters. The largest absolute Gasteiger partial charge is 0.423 e. The van der Waals surface area contributed by atoms with Gasteiger partial charge in [-0.05, 0) is 35.9 Å². The van der Waals surface area contributed by atoms with Crippen molar-refractivity contribution < 1.29 is 9.53 Å². The van der Waals surface area contributed by atoms with Crippen LogP contribution in [-0.2, 0) is 6.42 Å². The minimum Gasteiger partial charge on any atom is -0.423 e. The molecule has 0 saturated heterocycles. The van der Waals surface area contributed by atoms with E-state index in [0.717, 1.165) is 11.1 Å². The lowest BCUT2D eigenvalue weighted by Crippen LogP contribution is -2.09. The first-order valence-corrected chi connectivity index (χ1v) is 7.70. The zero-order valence-corrected chi connectivity index (χ0v) is 13.2. The average Bonchev–Trinajstić information content (AvgIpc) is 2.59. The van der Waals surface area contributed by atoms with Gasteiger partial charge in [0.1, 0.15) is 5.75 Å². The van der Waals surface area contributed by atoms with Crippen molar-refractivity contribution in [2.75, 3.05) is 0 Å². The normalized spacial score (nSPS) is 10.3. The number of ether oxygens (including phenoxy) is 1. The second kappa shape index (κ2) is 7.12. The van der Waals surface area contributed by atoms with Gasteiger partial charge in [0.05, 0.1) is 5.56 Å². The molecule has 0 saturated carbocycles. The van der Waals surface area contributed by atoms with Gasteiger partial charge in [-0.2, -0.15) is 0 Å². The maximum atomic E-state index is 12.2. The van der Waals surface area contributed by atoms with E-state index >= 15 is 0 Å². The summed E-state index contributed by atoms with van der Waals surface area (Å²) >= 11 is 6.10. The number of halogens is 1. The Morgan fingerprint density at radius 1 is 0.870 bits per heavy atom. The third-order valence-corrected chi connectivity index (χ3v) is 3.71. The highest BCUT2D eigenvalue weighted by molar-refractivity contribution is 6.30. The molecule has 114 valence electrons. The van der Waals surface area contributed by atoms with Gasteiger partial charge in [-0.15, -0.1) is 0 Å². The highest BCUT2D eigenvalue weighted by Gasteiger charge is 2.12. The van der Waals surface area contributed by atoms with Crippen molar-refractivity contribution in [3.05, 3.63) is 101 Å². The number of hydrogen-bond donors (Lipinski definition) is 0. The van der Waals surface area contributed by atoms with Crippen LogP contribution in [0.5, 0.6) is 5.75 Å². The van der Waals surface area contributed by atoms with E-state index in [1.165, 1.54) is 0 Å². The van der Waals surface area contributed by atoms with E-state index in [4.69, 9.17) is 16.3 Å². The summed E-state index contributed by atoms with van der Waals surface area (Å²) in [6.45, 7) is 0. The predicted molar refractivity (Wildman–Crippen MR) is 92.1 cm³/mol. The van der Waals surface area contributed by atoms with Crippen molar-refractivity contribution in [2.24, 2.45) is 0 Å². The van der Waals surface area contributed by atoms with Crippen LogP contribution in [0.3, 0.4) is 0 Å². The maximum Gasteiger partial charge on any atom is 0.343 e. The second-order valence-electron chi connectivity index (χ2n) is 5.17. The minimum atomic E-state index is -0.373. The van der Waals surface area contributed by atoms with Gasteiger partial charge in [0.25, 0.3) is 0 Å². The van der Waals surface area contributed by atoms with E-state index in [0.29, 0.717) is 22.8 Å². The van der Waals surface area contributed by atoms with Crippen LogP contribution in [0.1, 0.15) is 21.5 Å². The summed E-state index contributed by atoms with van der Waals surface area (Å²) in [7, 11) is 0. The number of rotatable bonds is 4. The summed E-state index contributed by atoms with van der Waals surface area (Å²) in [4.78, 5) is 12.2. The second-order valence-corrected chi connectivity index (χ2v) is 5.61. The number of carbonyl (C=O) groups excluding carboxylic acids is 1. The summed E-state index contributed by atoms with van der Waals surface area (Å²) in [6, 6.07) is 24.2. The van der Waals surface area contributed by atoms with E-state index < -0.39 is 0 Å². The van der Waals surface area contributed by atoms with Crippen molar-refractivity contribution >= 4 is 17.6 Å². The van der Waals surface area contributed by atoms with Gasteiger partial charge >= 0.3 is 5.97 Å². The molecule has 3 aromatic carbocycles. The van der Waals surface area contributed by atoms with E-state index in [2.05, 4.69) is 0 Å². The number of esters is 1. The number of hydrogen-bond acceptors (Lipinski definition) is 2. The zero-order chi connectivity index (χ0) is 16.1. The molecule has 0 radical (unpaired) electrons. The maximum absolute atomic E-state index is 12.2. The molecule has 0 heterocycles. The summed E-state index contributed by atoms with van der Waals surface area (Å²) < 4.78 is 5.56. The fourth-order valence-electron chi connectivity index (χ4n) is 2.33. The van der Waals surface area contributed by atoms with Crippen molar-refractivity contribution in [1.29, 1.82) is 0 Å². The molecule has 23 heavy (non-hydrogen) atoms. The Bertz CT molecular complexity index is 798. The molecule has 0 spiro atoms. The van der Waals surface area contributed by atoms with Crippen LogP contribution in [0, 0.1) is 0 Å². The molecular formula is C20H15ClO2. The van der Waals surface area contributed by atoms with Gasteiger partial charge in [-0.3, -0.25) is 0 Å². The Labute approximate surface area is 140 Å². The molecule has 0 aliphatic heterocycles. The SMILES string of the molecule is O=C(Oc1ccc(Cl)cc1Cc1ccccc1)c1ccccc1. The molecule has 0 aromatic heterocycles. The molecule has 0 aliphatic rings. The van der Waals surface area contributed by atoms with E-state index in [-0.39, 0.29) is 5.97 Å². The molecule has 3 aromatic rings. The summed E-state index contributed by atoms with van der Waals surface area (Å²) in [5.74, 6) is 0.161. The van der Waals surface area contributed by atoms with E-state index in [1.807, 2.05) is 54.6 Å². The van der Waals surface area contributed by atoms with Crippen LogP contribution < -0.4 is 4.74 Å². The first-order valence-electron chi connectivity index (χ1n) is 7.32. The van der Waals surface area contributed by atoms with Crippen LogP contribution >= 0.6 is 11.6 Å². The van der Waals surface area contributed by atoms with Crippen LogP contribution in [0.2, 0.25) is 5.02 Å². The first kappa shape index (κ1) is 15.3. The summed E-state index contributed by atoms with van der Waals surface area (Å²) in [5, 5.41) is 0.621. The van der Waals surface area contributed by atoms with Gasteiger partial charge in [0.15, 0.2) is 0 Å². The van der Waals surface area contributed by atoms with Gasteiger partial charge in [0.2, 0.25) is 0 Å². The van der Waals surface area contributed by atoms with Crippen molar-refractivity contribution in [1.82, 2.24) is 0 Å². The molecule has 0 amide bonds. The lowest BCUT2D eigenvalue weighted by molar-refractivity contribution is 0.0733. The zero-order valence-electron chi connectivity index (χ0n) is 12.4. The number of carbonyl (C=O) groups is 1. The molecule has 0 aliphatic carbocycles. The highest BCUT2D eigenvalue weighted by Crippen LogP contribution is 2.26. The van der Waals surface area contributed by atoms with E-state index in [9.17, 15) is 4.79 Å². The van der Waals surface area contributed by atoms with Crippen molar-refractivity contribution in [3.63, 3.8) is 0 Å². The predicted octanol–water partition coefficient (Wildman–Crippen LogP) is 5.15. The lowest BCUT2D eigenvalue weighted by Gasteiger charge is -2.11. The summed E-state index contributed by atoms with van der Waals surface area (Å²) in [6.07, 6.45) is 0.652. The van der Waals surface area contributed by atoms with Gasteiger partial charge in [0, 0.05) is 17.0 Å². The van der Waals surface area contributed by atoms with Crippen molar-refractivity contribution in [3.8, 4) is 5.75 Å². The molecule has 0 N–H and O–H groups in total. The average molecular weight is 323 g/mol. The van der Waals surface area contributed by atoms with Crippen LogP contribution in [-0.4, -0.2) is 5.97 Å². The molecule has 0 fully saturated rings. The smallest absolute Gasteiger partial charge is 0.343 e. The first-order chi connectivity index (χ1) is 11.2. The Morgan fingerprint density at radius 3 is 2.22 bits per heavy atom. The van der Waals surface area contributed by atoms with E-state index in [1.54, 1.807) is 24.3 Å². The van der Waals surface area contributed by atoms with Gasteiger partial charge in [-0.1, -0.05) is 60.1 Å². The molecule has 2 nitrogen and oxygen atoms in total. The molecular weight excluding hydrogens is 308 g/mol. The van der Waals surface area contributed by atoms with Gasteiger partial charge < -0.3 is 4.74 Å². The Balaban J connectivity index is 1.86. The molecule has 0 atom stereocenters. The number of benzene rings is 3. The fraction of sp³-hybridized carbons (Fsp3) is 0.0500. The quantitative estimate of drug-likeness (QED) is 0.490. The standard InChI is InChI=1S/C20H15ClO2/c21-18-11-12-19(23-20(22)16-9-5-2-6-10-16)17(14-18)13-15-7-3-1-4-8-15/h1-12,14H,13H2. The monoisotopic (exact) mass is 322 g/mol. The summed E-state index contributed by atoms with van der Waals surface area (Å²) in [5.41, 5.74) is 2.54. The minimum absolute atomic E-state index is 0.373. The lowest BCUT2D eigenvalue weighted by atomic mass is 10.0. The third-order valence-electron chi connectivity index (χ3n) is 3.47. The Kier molecular flexibility index (Phi) is 4.74. The fourth-order valence-corrected chi connectivity index (χ4v) is 2.53. The highest BCUT2D eigenvalue weighted by atomic mass is 35.5. The molecule has 0 bridgehead atoms. The topological polar surface area (TPSA) is 26.3 Å². The van der Waals surface area contributed by atoms with Crippen LogP contribution in [0.15, 0.2) is 78.9 Å².